The summed E-state index contributed by atoms with van der Waals surface area (Å²) in [6.45, 7) is 2.19. The quantitative estimate of drug-likeness (QED) is 0.560. The molecule has 17 heavy (non-hydrogen) atoms. The van der Waals surface area contributed by atoms with Crippen LogP contribution in [0, 0.1) is 0 Å². The van der Waals surface area contributed by atoms with Crippen LogP contribution in [0.2, 0.25) is 10.0 Å². The predicted molar refractivity (Wildman–Crippen MR) is 84.7 cm³/mol. The molecule has 0 aliphatic heterocycles. The van der Waals surface area contributed by atoms with E-state index in [9.17, 15) is 0 Å². The van der Waals surface area contributed by atoms with E-state index in [1.807, 2.05) is 6.07 Å². The molecule has 0 atom stereocenters. The number of thiocarbonyl (C=S) groups is 1. The second kappa shape index (κ2) is 8.20. The predicted octanol–water partition coefficient (Wildman–Crippen LogP) is 5.61. The molecule has 0 spiro atoms. The van der Waals surface area contributed by atoms with Gasteiger partial charge in [-0.15, -0.1) is 0 Å². The van der Waals surface area contributed by atoms with Crippen LogP contribution in [0.4, 0.5) is 5.69 Å². The van der Waals surface area contributed by atoms with E-state index in [-0.39, 0.29) is 0 Å². The topological polar surface area (TPSA) is 12.0 Å². The maximum absolute atomic E-state index is 5.92. The monoisotopic (exact) mass is 307 g/mol. The highest BCUT2D eigenvalue weighted by Gasteiger charge is 2.02. The molecule has 0 saturated carbocycles. The molecule has 1 aromatic rings. The third-order valence-corrected chi connectivity index (χ3v) is 4.20. The second-order valence-electron chi connectivity index (χ2n) is 3.60. The van der Waals surface area contributed by atoms with Crippen molar-refractivity contribution in [3.63, 3.8) is 0 Å². The van der Waals surface area contributed by atoms with Gasteiger partial charge in [0.05, 0.1) is 10.0 Å². The summed E-state index contributed by atoms with van der Waals surface area (Å²) in [5.74, 6) is 1.06. The molecule has 0 amide bonds. The zero-order valence-electron chi connectivity index (χ0n) is 9.63. The van der Waals surface area contributed by atoms with Crippen molar-refractivity contribution >= 4 is 57.2 Å². The van der Waals surface area contributed by atoms with E-state index >= 15 is 0 Å². The molecular formula is C12H15Cl2NS2. The molecule has 0 heterocycles. The molecule has 0 aromatic heterocycles. The van der Waals surface area contributed by atoms with Gasteiger partial charge in [-0.05, 0) is 24.6 Å². The van der Waals surface area contributed by atoms with E-state index in [4.69, 9.17) is 35.4 Å². The summed E-state index contributed by atoms with van der Waals surface area (Å²) >= 11 is 18.7. The van der Waals surface area contributed by atoms with E-state index in [1.165, 1.54) is 19.3 Å². The van der Waals surface area contributed by atoms with Crippen LogP contribution in [-0.2, 0) is 0 Å². The number of rotatable bonds is 5. The Kier molecular flexibility index (Phi) is 7.28. The van der Waals surface area contributed by atoms with Crippen molar-refractivity contribution in [2.75, 3.05) is 11.1 Å². The first-order chi connectivity index (χ1) is 8.13. The maximum atomic E-state index is 5.92. The summed E-state index contributed by atoms with van der Waals surface area (Å²) in [6, 6.07) is 5.41. The van der Waals surface area contributed by atoms with Crippen LogP contribution in [-0.4, -0.2) is 10.1 Å². The van der Waals surface area contributed by atoms with E-state index in [0.717, 1.165) is 15.8 Å². The standard InChI is InChI=1S/C12H15Cl2NS2/c1-2-3-4-7-17-12(16)15-9-5-6-10(13)11(14)8-9/h5-6,8H,2-4,7H2,1H3,(H,15,16). The fourth-order valence-electron chi connectivity index (χ4n) is 1.24. The van der Waals surface area contributed by atoms with Gasteiger partial charge in [-0.25, -0.2) is 0 Å². The Labute approximate surface area is 122 Å². The normalized spacial score (nSPS) is 10.3. The number of thioether (sulfide) groups is 1. The minimum absolute atomic E-state index is 0.537. The molecule has 1 nitrogen and oxygen atoms in total. The van der Waals surface area contributed by atoms with Gasteiger partial charge in [0.2, 0.25) is 0 Å². The number of benzene rings is 1. The molecule has 0 aliphatic rings. The summed E-state index contributed by atoms with van der Waals surface area (Å²) in [5.41, 5.74) is 0.882. The van der Waals surface area contributed by atoms with E-state index in [1.54, 1.807) is 23.9 Å². The van der Waals surface area contributed by atoms with Gasteiger partial charge in [0.15, 0.2) is 0 Å². The molecule has 0 unspecified atom stereocenters. The van der Waals surface area contributed by atoms with Crippen molar-refractivity contribution < 1.29 is 0 Å². The van der Waals surface area contributed by atoms with Crippen molar-refractivity contribution in [3.05, 3.63) is 28.2 Å². The Hall–Kier alpha value is 0.0400. The summed E-state index contributed by atoms with van der Waals surface area (Å²) in [4.78, 5) is 0. The molecule has 0 saturated heterocycles. The summed E-state index contributed by atoms with van der Waals surface area (Å²) in [5, 5.41) is 4.23. The van der Waals surface area contributed by atoms with Gasteiger partial charge < -0.3 is 5.32 Å². The average Bonchev–Trinajstić information content (AvgIpc) is 2.30. The lowest BCUT2D eigenvalue weighted by Gasteiger charge is -2.08. The van der Waals surface area contributed by atoms with Gasteiger partial charge in [-0.1, -0.05) is 66.9 Å². The van der Waals surface area contributed by atoms with Crippen LogP contribution in [0.3, 0.4) is 0 Å². The number of halogens is 2. The molecule has 0 bridgehead atoms. The van der Waals surface area contributed by atoms with Crippen LogP contribution in [0.5, 0.6) is 0 Å². The van der Waals surface area contributed by atoms with Crippen molar-refractivity contribution in [2.24, 2.45) is 0 Å². The average molecular weight is 308 g/mol. The Bertz CT molecular complexity index is 383. The number of hydrogen-bond acceptors (Lipinski definition) is 2. The first kappa shape index (κ1) is 15.1. The largest absolute Gasteiger partial charge is 0.341 e. The third-order valence-electron chi connectivity index (χ3n) is 2.15. The molecule has 0 radical (unpaired) electrons. The first-order valence-electron chi connectivity index (χ1n) is 5.52. The van der Waals surface area contributed by atoms with Crippen molar-refractivity contribution in [1.29, 1.82) is 0 Å². The zero-order valence-corrected chi connectivity index (χ0v) is 12.8. The van der Waals surface area contributed by atoms with Crippen molar-refractivity contribution in [2.45, 2.75) is 26.2 Å². The smallest absolute Gasteiger partial charge is 0.138 e. The number of unbranched alkanes of at least 4 members (excludes halogenated alkanes) is 2. The highest BCUT2D eigenvalue weighted by Crippen LogP contribution is 2.25. The molecule has 0 fully saturated rings. The Morgan fingerprint density at radius 3 is 2.71 bits per heavy atom. The minimum atomic E-state index is 0.537. The molecule has 1 rings (SSSR count). The van der Waals surface area contributed by atoms with E-state index in [0.29, 0.717) is 10.0 Å². The third kappa shape index (κ3) is 5.96. The van der Waals surface area contributed by atoms with E-state index < -0.39 is 0 Å². The molecular weight excluding hydrogens is 293 g/mol. The second-order valence-corrected chi connectivity index (χ2v) is 6.18. The van der Waals surface area contributed by atoms with E-state index in [2.05, 4.69) is 12.2 Å². The molecule has 1 N–H and O–H groups in total. The summed E-state index contributed by atoms with van der Waals surface area (Å²) in [7, 11) is 0. The Balaban J connectivity index is 2.37. The zero-order chi connectivity index (χ0) is 12.7. The van der Waals surface area contributed by atoms with Gasteiger partial charge in [0, 0.05) is 11.4 Å². The van der Waals surface area contributed by atoms with Gasteiger partial charge in [-0.2, -0.15) is 0 Å². The highest BCUT2D eigenvalue weighted by atomic mass is 35.5. The van der Waals surface area contributed by atoms with Crippen molar-refractivity contribution in [1.82, 2.24) is 0 Å². The van der Waals surface area contributed by atoms with Gasteiger partial charge >= 0.3 is 0 Å². The number of nitrogens with one attached hydrogen (secondary N) is 1. The highest BCUT2D eigenvalue weighted by molar-refractivity contribution is 8.23. The Morgan fingerprint density at radius 2 is 2.06 bits per heavy atom. The minimum Gasteiger partial charge on any atom is -0.341 e. The van der Waals surface area contributed by atoms with Gasteiger partial charge in [0.25, 0.3) is 0 Å². The van der Waals surface area contributed by atoms with Crippen LogP contribution in [0.15, 0.2) is 18.2 Å². The van der Waals surface area contributed by atoms with Crippen molar-refractivity contribution in [3.8, 4) is 0 Å². The molecule has 5 heteroatoms. The molecule has 1 aromatic carbocycles. The summed E-state index contributed by atoms with van der Waals surface area (Å²) in [6.07, 6.45) is 3.68. The SMILES string of the molecule is CCCCCSC(=S)Nc1ccc(Cl)c(Cl)c1. The van der Waals surface area contributed by atoms with Gasteiger partial charge in [-0.3, -0.25) is 0 Å². The lowest BCUT2D eigenvalue weighted by Crippen LogP contribution is -2.05. The Morgan fingerprint density at radius 1 is 1.29 bits per heavy atom. The van der Waals surface area contributed by atoms with Crippen LogP contribution in [0.1, 0.15) is 26.2 Å². The fraction of sp³-hybridized carbons (Fsp3) is 0.417. The van der Waals surface area contributed by atoms with Crippen LogP contribution < -0.4 is 5.32 Å². The van der Waals surface area contributed by atoms with Crippen LogP contribution >= 0.6 is 47.2 Å². The molecule has 94 valence electrons. The maximum Gasteiger partial charge on any atom is 0.138 e. The fourth-order valence-corrected chi connectivity index (χ4v) is 2.63. The first-order valence-corrected chi connectivity index (χ1v) is 7.67. The summed E-state index contributed by atoms with van der Waals surface area (Å²) < 4.78 is 0.777. The number of hydrogen-bond donors (Lipinski definition) is 1. The van der Waals surface area contributed by atoms with Gasteiger partial charge in [0.1, 0.15) is 4.32 Å². The lowest BCUT2D eigenvalue weighted by molar-refractivity contribution is 0.779. The molecule has 0 aliphatic carbocycles. The van der Waals surface area contributed by atoms with Crippen LogP contribution in [0.25, 0.3) is 0 Å². The number of anilines is 1. The lowest BCUT2D eigenvalue weighted by atomic mass is 10.3.